The standard InChI is InChI=1S/C23H21N5O5S/c1-25-21(31)23(20(30)24-22(25)34)12-15-11-16(28(32)33)7-8-17(15)27-10-9-26(13-18(23)27)19(29)14-5-3-2-4-6-14/h2-8,11,18H,9-10,12-13H2,1H3,(H,24,30,34)/t18-,23+/m0/s1. The molecule has 11 heteroatoms. The van der Waals surface area contributed by atoms with Crippen LogP contribution in [0.5, 0.6) is 0 Å². The Morgan fingerprint density at radius 3 is 2.62 bits per heavy atom. The van der Waals surface area contributed by atoms with Gasteiger partial charge in [0.05, 0.1) is 11.0 Å². The summed E-state index contributed by atoms with van der Waals surface area (Å²) in [7, 11) is 1.49. The first kappa shape index (κ1) is 22.0. The molecule has 0 radical (unpaired) electrons. The number of hydrogen-bond donors (Lipinski definition) is 1. The van der Waals surface area contributed by atoms with Crippen LogP contribution in [0.15, 0.2) is 48.5 Å². The van der Waals surface area contributed by atoms with Gasteiger partial charge >= 0.3 is 0 Å². The number of hydrogen-bond acceptors (Lipinski definition) is 7. The van der Waals surface area contributed by atoms with E-state index in [4.69, 9.17) is 12.2 Å². The lowest BCUT2D eigenvalue weighted by molar-refractivity contribution is -0.384. The van der Waals surface area contributed by atoms with E-state index in [1.165, 1.54) is 24.1 Å². The van der Waals surface area contributed by atoms with Gasteiger partial charge in [0.1, 0.15) is 0 Å². The Kier molecular flexibility index (Phi) is 5.08. The molecule has 3 aliphatic heterocycles. The van der Waals surface area contributed by atoms with Crippen LogP contribution in [0.4, 0.5) is 11.4 Å². The van der Waals surface area contributed by atoms with Gasteiger partial charge in [0.15, 0.2) is 10.5 Å². The zero-order valence-corrected chi connectivity index (χ0v) is 19.1. The number of nitrogens with one attached hydrogen (secondary N) is 1. The van der Waals surface area contributed by atoms with Crippen molar-refractivity contribution in [2.24, 2.45) is 5.41 Å². The molecule has 3 aliphatic rings. The Labute approximate surface area is 200 Å². The van der Waals surface area contributed by atoms with Crippen LogP contribution < -0.4 is 10.2 Å². The van der Waals surface area contributed by atoms with Crippen molar-refractivity contribution in [3.05, 3.63) is 69.8 Å². The average Bonchev–Trinajstić information content (AvgIpc) is 2.85. The number of benzene rings is 2. The molecular formula is C23H21N5O5S. The highest BCUT2D eigenvalue weighted by Gasteiger charge is 2.62. The summed E-state index contributed by atoms with van der Waals surface area (Å²) in [6.07, 6.45) is -0.0316. The van der Waals surface area contributed by atoms with Crippen molar-refractivity contribution in [2.75, 3.05) is 31.6 Å². The summed E-state index contributed by atoms with van der Waals surface area (Å²) in [6, 6.07) is 12.7. The van der Waals surface area contributed by atoms with Crippen LogP contribution in [0.3, 0.4) is 0 Å². The summed E-state index contributed by atoms with van der Waals surface area (Å²) >= 11 is 5.15. The third kappa shape index (κ3) is 3.15. The van der Waals surface area contributed by atoms with E-state index in [1.807, 2.05) is 11.0 Å². The lowest BCUT2D eigenvalue weighted by atomic mass is 9.67. The molecule has 0 aliphatic carbocycles. The number of anilines is 1. The molecule has 0 unspecified atom stereocenters. The number of amides is 3. The number of nitro benzene ring substituents is 1. The van der Waals surface area contributed by atoms with E-state index in [2.05, 4.69) is 5.32 Å². The van der Waals surface area contributed by atoms with Crippen molar-refractivity contribution in [3.63, 3.8) is 0 Å². The molecule has 3 amide bonds. The van der Waals surface area contributed by atoms with Crippen LogP contribution >= 0.6 is 12.2 Å². The van der Waals surface area contributed by atoms with E-state index in [0.29, 0.717) is 24.2 Å². The predicted octanol–water partition coefficient (Wildman–Crippen LogP) is 1.34. The minimum Gasteiger partial charge on any atom is -0.363 e. The van der Waals surface area contributed by atoms with Gasteiger partial charge in [0.2, 0.25) is 11.8 Å². The number of nitro groups is 1. The maximum Gasteiger partial charge on any atom is 0.269 e. The molecule has 174 valence electrons. The van der Waals surface area contributed by atoms with Gasteiger partial charge in [-0.05, 0) is 36.0 Å². The van der Waals surface area contributed by atoms with Gasteiger partial charge in [0.25, 0.3) is 11.6 Å². The van der Waals surface area contributed by atoms with Crippen LogP contribution in [0.1, 0.15) is 15.9 Å². The first-order valence-corrected chi connectivity index (χ1v) is 11.2. The zero-order valence-electron chi connectivity index (χ0n) is 18.3. The second kappa shape index (κ2) is 7.87. The van der Waals surface area contributed by atoms with Crippen LogP contribution in [-0.4, -0.2) is 70.3 Å². The fourth-order valence-corrected chi connectivity index (χ4v) is 5.37. The number of thiocarbonyl (C=S) groups is 1. The quantitative estimate of drug-likeness (QED) is 0.299. The summed E-state index contributed by atoms with van der Waals surface area (Å²) in [5.74, 6) is -1.22. The van der Waals surface area contributed by atoms with Crippen LogP contribution in [-0.2, 0) is 16.0 Å². The van der Waals surface area contributed by atoms with Crippen molar-refractivity contribution in [2.45, 2.75) is 12.5 Å². The molecule has 1 N–H and O–H groups in total. The van der Waals surface area contributed by atoms with E-state index in [9.17, 15) is 24.5 Å². The van der Waals surface area contributed by atoms with Crippen molar-refractivity contribution >= 4 is 46.4 Å². The fourth-order valence-electron chi connectivity index (χ4n) is 5.20. The number of non-ortho nitro benzene ring substituents is 1. The molecule has 2 fully saturated rings. The van der Waals surface area contributed by atoms with Crippen molar-refractivity contribution in [1.29, 1.82) is 0 Å². The molecule has 5 rings (SSSR count). The minimum absolute atomic E-state index is 0.00467. The lowest BCUT2D eigenvalue weighted by Crippen LogP contribution is -2.74. The highest BCUT2D eigenvalue weighted by atomic mass is 32.1. The molecular weight excluding hydrogens is 458 g/mol. The molecule has 0 aromatic heterocycles. The molecule has 3 heterocycles. The largest absolute Gasteiger partial charge is 0.363 e. The predicted molar refractivity (Wildman–Crippen MR) is 126 cm³/mol. The number of carbonyl (C=O) groups is 3. The van der Waals surface area contributed by atoms with Crippen LogP contribution in [0.25, 0.3) is 0 Å². The number of nitrogens with zero attached hydrogens (tertiary/aromatic N) is 4. The van der Waals surface area contributed by atoms with Crippen LogP contribution in [0.2, 0.25) is 0 Å². The monoisotopic (exact) mass is 479 g/mol. The fraction of sp³-hybridized carbons (Fsp3) is 0.304. The minimum atomic E-state index is -1.59. The van der Waals surface area contributed by atoms with Gasteiger partial charge in [-0.2, -0.15) is 0 Å². The summed E-state index contributed by atoms with van der Waals surface area (Å²) in [5.41, 5.74) is 0.0873. The van der Waals surface area contributed by atoms with Gasteiger partial charge in [0, 0.05) is 56.5 Å². The van der Waals surface area contributed by atoms with E-state index in [1.54, 1.807) is 35.2 Å². The Morgan fingerprint density at radius 2 is 1.91 bits per heavy atom. The maximum atomic E-state index is 13.7. The highest BCUT2D eigenvalue weighted by Crippen LogP contribution is 2.46. The molecule has 2 atom stereocenters. The van der Waals surface area contributed by atoms with Gasteiger partial charge in [-0.15, -0.1) is 0 Å². The Bertz CT molecular complexity index is 1250. The smallest absolute Gasteiger partial charge is 0.269 e. The van der Waals surface area contributed by atoms with E-state index in [-0.39, 0.29) is 29.7 Å². The summed E-state index contributed by atoms with van der Waals surface area (Å²) < 4.78 is 0. The van der Waals surface area contributed by atoms with Crippen molar-refractivity contribution < 1.29 is 19.3 Å². The average molecular weight is 480 g/mol. The second-order valence-electron chi connectivity index (χ2n) is 8.67. The first-order chi connectivity index (χ1) is 16.2. The van der Waals surface area contributed by atoms with Crippen LogP contribution in [0, 0.1) is 15.5 Å². The van der Waals surface area contributed by atoms with E-state index < -0.39 is 28.2 Å². The van der Waals surface area contributed by atoms with Crippen molar-refractivity contribution in [3.8, 4) is 0 Å². The Morgan fingerprint density at radius 1 is 1.18 bits per heavy atom. The summed E-state index contributed by atoms with van der Waals surface area (Å²) in [5, 5.41) is 14.0. The van der Waals surface area contributed by atoms with Gasteiger partial charge in [-0.3, -0.25) is 29.4 Å². The zero-order chi connectivity index (χ0) is 24.2. The Hall–Kier alpha value is -3.86. The molecule has 10 nitrogen and oxygen atoms in total. The number of piperazine rings is 1. The van der Waals surface area contributed by atoms with E-state index >= 15 is 0 Å². The lowest BCUT2D eigenvalue weighted by Gasteiger charge is -2.55. The Balaban J connectivity index is 1.61. The molecule has 34 heavy (non-hydrogen) atoms. The number of fused-ring (bicyclic) bond motifs is 4. The third-order valence-electron chi connectivity index (χ3n) is 6.93. The molecule has 0 bridgehead atoms. The molecule has 0 saturated carbocycles. The molecule has 2 aromatic carbocycles. The number of rotatable bonds is 2. The van der Waals surface area contributed by atoms with Gasteiger partial charge in [-0.25, -0.2) is 0 Å². The van der Waals surface area contributed by atoms with E-state index in [0.717, 1.165) is 5.69 Å². The highest BCUT2D eigenvalue weighted by molar-refractivity contribution is 7.80. The third-order valence-corrected chi connectivity index (χ3v) is 7.30. The topological polar surface area (TPSA) is 116 Å². The molecule has 1 spiro atoms. The van der Waals surface area contributed by atoms with Gasteiger partial charge < -0.3 is 15.1 Å². The maximum absolute atomic E-state index is 13.7. The molecule has 2 aromatic rings. The second-order valence-corrected chi connectivity index (χ2v) is 9.05. The first-order valence-electron chi connectivity index (χ1n) is 10.8. The summed E-state index contributed by atoms with van der Waals surface area (Å²) in [6.45, 7) is 0.884. The van der Waals surface area contributed by atoms with Gasteiger partial charge in [-0.1, -0.05) is 18.2 Å². The number of carbonyl (C=O) groups excluding carboxylic acids is 3. The normalized spacial score (nSPS) is 24.0. The van der Waals surface area contributed by atoms with Crippen molar-refractivity contribution in [1.82, 2.24) is 15.1 Å². The SMILES string of the molecule is CN1C(=O)[C@@]2(Cc3cc([N+](=O)[O-])ccc3N3CCN(C(=O)c4ccccc4)C[C@H]32)C(=O)NC1=S. The molecule has 2 saturated heterocycles. The summed E-state index contributed by atoms with van der Waals surface area (Å²) in [4.78, 5) is 56.0.